The van der Waals surface area contributed by atoms with Gasteiger partial charge in [-0.2, -0.15) is 0 Å². The first kappa shape index (κ1) is 28.5. The third kappa shape index (κ3) is 6.19. The van der Waals surface area contributed by atoms with E-state index in [0.29, 0.717) is 63.5 Å². The second-order valence-electron chi connectivity index (χ2n) is 10.6. The third-order valence-corrected chi connectivity index (χ3v) is 8.11. The molecule has 2 heterocycles. The largest absolute Gasteiger partial charge is 0.378 e. The molecule has 2 aliphatic heterocycles. The van der Waals surface area contributed by atoms with E-state index in [4.69, 9.17) is 4.74 Å². The number of nitrogens with zero attached hydrogens (tertiary/aromatic N) is 3. The molecule has 0 saturated carbocycles. The van der Waals surface area contributed by atoms with Crippen LogP contribution in [0.5, 0.6) is 0 Å². The molecule has 0 aromatic heterocycles. The Kier molecular flexibility index (Phi) is 8.81. The van der Waals surface area contributed by atoms with E-state index in [-0.39, 0.29) is 23.8 Å². The van der Waals surface area contributed by atoms with Crippen LogP contribution in [0.4, 0.5) is 11.4 Å². The molecule has 1 fully saturated rings. The molecular weight excluding hydrogens is 516 g/mol. The first-order chi connectivity index (χ1) is 19.9. The maximum atomic E-state index is 13.5. The first-order valence-corrected chi connectivity index (χ1v) is 14.4. The Labute approximate surface area is 241 Å². The molecule has 41 heavy (non-hydrogen) atoms. The molecule has 0 radical (unpaired) electrons. The number of carbonyl (C=O) groups is 3. The Morgan fingerprint density at radius 1 is 1.00 bits per heavy atom. The number of morpholine rings is 1. The Morgan fingerprint density at radius 3 is 2.54 bits per heavy atom. The van der Waals surface area contributed by atoms with E-state index in [9.17, 15) is 14.4 Å². The van der Waals surface area contributed by atoms with Crippen LogP contribution in [0.2, 0.25) is 0 Å². The maximum absolute atomic E-state index is 13.5. The highest BCUT2D eigenvalue weighted by atomic mass is 16.5. The van der Waals surface area contributed by atoms with Crippen LogP contribution in [0.3, 0.4) is 0 Å². The van der Waals surface area contributed by atoms with E-state index in [0.717, 1.165) is 27.9 Å². The number of rotatable bonds is 8. The summed E-state index contributed by atoms with van der Waals surface area (Å²) in [5.41, 5.74) is 6.14. The summed E-state index contributed by atoms with van der Waals surface area (Å²) < 4.78 is 5.73. The molecule has 1 unspecified atom stereocenters. The first-order valence-electron chi connectivity index (χ1n) is 14.4. The van der Waals surface area contributed by atoms with E-state index in [1.807, 2.05) is 73.3 Å². The van der Waals surface area contributed by atoms with Crippen molar-refractivity contribution in [2.24, 2.45) is 0 Å². The number of benzene rings is 3. The van der Waals surface area contributed by atoms with Gasteiger partial charge in [0, 0.05) is 56.6 Å². The SMILES string of the molecule is CCN(CC)C(=O)C1COCCN1Cc1cc(C(=O)Nc2ccc3c(c2)N(C)C(=O)CC3)ccc1-c1ccccc1. The fourth-order valence-corrected chi connectivity index (χ4v) is 5.70. The number of carbonyl (C=O) groups excluding carboxylic acids is 3. The van der Waals surface area contributed by atoms with Crippen molar-refractivity contribution >= 4 is 29.1 Å². The number of anilines is 2. The van der Waals surface area contributed by atoms with Crippen molar-refractivity contribution in [2.45, 2.75) is 39.3 Å². The zero-order valence-corrected chi connectivity index (χ0v) is 24.1. The van der Waals surface area contributed by atoms with Crippen LogP contribution in [0.25, 0.3) is 11.1 Å². The molecular formula is C33H38N4O4. The molecule has 3 amide bonds. The molecule has 1 atom stereocenters. The van der Waals surface area contributed by atoms with Gasteiger partial charge in [0.1, 0.15) is 6.04 Å². The third-order valence-electron chi connectivity index (χ3n) is 8.11. The summed E-state index contributed by atoms with van der Waals surface area (Å²) in [7, 11) is 1.77. The zero-order valence-electron chi connectivity index (χ0n) is 24.1. The lowest BCUT2D eigenvalue weighted by Gasteiger charge is -2.37. The standard InChI is InChI=1S/C33H38N4O4/c1-4-36(5-2)33(40)30-22-41-18-17-37(30)21-26-19-25(12-15-28(26)23-9-7-6-8-10-23)32(39)34-27-14-11-24-13-16-31(38)35(3)29(24)20-27/h6-12,14-15,19-20,30H,4-5,13,16-18,21-22H2,1-3H3,(H,34,39). The molecule has 8 nitrogen and oxygen atoms in total. The number of aryl methyl sites for hydroxylation is 1. The topological polar surface area (TPSA) is 82.2 Å². The van der Waals surface area contributed by atoms with Gasteiger partial charge in [-0.05, 0) is 66.8 Å². The summed E-state index contributed by atoms with van der Waals surface area (Å²) in [6, 6.07) is 21.2. The van der Waals surface area contributed by atoms with Crippen molar-refractivity contribution in [2.75, 3.05) is 50.1 Å². The Morgan fingerprint density at radius 2 is 1.78 bits per heavy atom. The fourth-order valence-electron chi connectivity index (χ4n) is 5.70. The summed E-state index contributed by atoms with van der Waals surface area (Å²) in [5, 5.41) is 3.02. The summed E-state index contributed by atoms with van der Waals surface area (Å²) in [6.45, 7) is 7.33. The molecule has 1 saturated heterocycles. The summed E-state index contributed by atoms with van der Waals surface area (Å²) in [6.07, 6.45) is 1.20. The molecule has 2 aliphatic rings. The summed E-state index contributed by atoms with van der Waals surface area (Å²) >= 11 is 0. The van der Waals surface area contributed by atoms with Crippen molar-refractivity contribution in [3.8, 4) is 11.1 Å². The minimum atomic E-state index is -0.375. The van der Waals surface area contributed by atoms with E-state index >= 15 is 0 Å². The van der Waals surface area contributed by atoms with E-state index in [1.165, 1.54) is 0 Å². The second kappa shape index (κ2) is 12.7. The molecule has 214 valence electrons. The highest BCUT2D eigenvalue weighted by Crippen LogP contribution is 2.31. The van der Waals surface area contributed by atoms with Crippen LogP contribution in [0, 0.1) is 0 Å². The van der Waals surface area contributed by atoms with Crippen LogP contribution < -0.4 is 10.2 Å². The van der Waals surface area contributed by atoms with Crippen LogP contribution in [0.15, 0.2) is 66.7 Å². The van der Waals surface area contributed by atoms with Crippen molar-refractivity contribution < 1.29 is 19.1 Å². The number of ether oxygens (including phenoxy) is 1. The quantitative estimate of drug-likeness (QED) is 0.441. The molecule has 3 aromatic carbocycles. The smallest absolute Gasteiger partial charge is 0.255 e. The number of likely N-dealkylation sites (N-methyl/N-ethyl adjacent to an activating group) is 1. The number of nitrogens with one attached hydrogen (secondary N) is 1. The zero-order chi connectivity index (χ0) is 28.9. The van der Waals surface area contributed by atoms with Gasteiger partial charge in [-0.25, -0.2) is 0 Å². The maximum Gasteiger partial charge on any atom is 0.255 e. The average Bonchev–Trinajstić information content (AvgIpc) is 3.00. The average molecular weight is 555 g/mol. The molecule has 1 N–H and O–H groups in total. The van der Waals surface area contributed by atoms with Gasteiger partial charge in [0.15, 0.2) is 0 Å². The molecule has 5 rings (SSSR count). The van der Waals surface area contributed by atoms with Crippen LogP contribution in [-0.4, -0.2) is 73.5 Å². The number of hydrogen-bond acceptors (Lipinski definition) is 5. The number of fused-ring (bicyclic) bond motifs is 1. The van der Waals surface area contributed by atoms with Crippen molar-refractivity contribution in [3.63, 3.8) is 0 Å². The normalized spacial score (nSPS) is 17.2. The predicted octanol–water partition coefficient (Wildman–Crippen LogP) is 4.58. The minimum Gasteiger partial charge on any atom is -0.378 e. The highest BCUT2D eigenvalue weighted by molar-refractivity contribution is 6.05. The van der Waals surface area contributed by atoms with Gasteiger partial charge in [0.2, 0.25) is 11.8 Å². The van der Waals surface area contributed by atoms with Crippen LogP contribution in [0.1, 0.15) is 41.8 Å². The molecule has 0 aliphatic carbocycles. The van der Waals surface area contributed by atoms with Gasteiger partial charge in [-0.3, -0.25) is 19.3 Å². The fraction of sp³-hybridized carbons (Fsp3) is 0.364. The summed E-state index contributed by atoms with van der Waals surface area (Å²) in [4.78, 5) is 44.7. The van der Waals surface area contributed by atoms with Crippen LogP contribution >= 0.6 is 0 Å². The Balaban J connectivity index is 1.44. The lowest BCUT2D eigenvalue weighted by Crippen LogP contribution is -2.54. The van der Waals surface area contributed by atoms with E-state index in [1.54, 1.807) is 11.9 Å². The minimum absolute atomic E-state index is 0.0701. The molecule has 0 spiro atoms. The second-order valence-corrected chi connectivity index (χ2v) is 10.6. The van der Waals surface area contributed by atoms with Gasteiger partial charge in [0.05, 0.1) is 13.2 Å². The van der Waals surface area contributed by atoms with Gasteiger partial charge < -0.3 is 19.9 Å². The van der Waals surface area contributed by atoms with Crippen molar-refractivity contribution in [3.05, 3.63) is 83.4 Å². The number of hydrogen-bond donors (Lipinski definition) is 1. The molecule has 8 heteroatoms. The highest BCUT2D eigenvalue weighted by Gasteiger charge is 2.32. The van der Waals surface area contributed by atoms with E-state index < -0.39 is 0 Å². The van der Waals surface area contributed by atoms with Gasteiger partial charge in [-0.1, -0.05) is 42.5 Å². The van der Waals surface area contributed by atoms with Gasteiger partial charge >= 0.3 is 0 Å². The van der Waals surface area contributed by atoms with Gasteiger partial charge in [-0.15, -0.1) is 0 Å². The molecule has 3 aromatic rings. The monoisotopic (exact) mass is 554 g/mol. The predicted molar refractivity (Wildman–Crippen MR) is 161 cm³/mol. The van der Waals surface area contributed by atoms with Gasteiger partial charge in [0.25, 0.3) is 5.91 Å². The Hall–Kier alpha value is -4.01. The summed E-state index contributed by atoms with van der Waals surface area (Å²) in [5.74, 6) is -0.0860. The van der Waals surface area contributed by atoms with Crippen LogP contribution in [-0.2, 0) is 27.3 Å². The Bertz CT molecular complexity index is 1420. The lowest BCUT2D eigenvalue weighted by molar-refractivity contribution is -0.143. The van der Waals surface area contributed by atoms with Crippen molar-refractivity contribution in [1.82, 2.24) is 9.80 Å². The van der Waals surface area contributed by atoms with Crippen molar-refractivity contribution in [1.29, 1.82) is 0 Å². The number of amides is 3. The molecule has 0 bridgehead atoms. The lowest BCUT2D eigenvalue weighted by atomic mass is 9.96. The van der Waals surface area contributed by atoms with E-state index in [2.05, 4.69) is 22.3 Å².